The minimum atomic E-state index is -5.16. The summed E-state index contributed by atoms with van der Waals surface area (Å²) in [7, 11) is -2.79. The highest BCUT2D eigenvalue weighted by Gasteiger charge is 2.62. The lowest BCUT2D eigenvalue weighted by molar-refractivity contribution is -0.939. The average Bonchev–Trinajstić information content (AvgIpc) is 2.11. The molecule has 0 aromatic heterocycles. The summed E-state index contributed by atoms with van der Waals surface area (Å²) < 4.78 is 30.0. The van der Waals surface area contributed by atoms with Crippen molar-refractivity contribution in [2.45, 2.75) is 11.5 Å². The SMILES string of the molecule is C=CCC[N+](C)(C)C(O)(C(=O)O)S(=O)(=O)O. The number of hydrogen-bond acceptors (Lipinski definition) is 4. The third-order valence-corrected chi connectivity index (χ3v) is 3.74. The highest BCUT2D eigenvalue weighted by atomic mass is 32.2. The Morgan fingerprint density at radius 2 is 1.94 bits per heavy atom. The van der Waals surface area contributed by atoms with Gasteiger partial charge in [0, 0.05) is 6.42 Å². The summed E-state index contributed by atoms with van der Waals surface area (Å²) in [6, 6.07) is 0. The minimum Gasteiger partial charge on any atom is -0.474 e. The molecular weight excluding hydrogens is 238 g/mol. The first-order valence-electron chi connectivity index (χ1n) is 4.37. The number of likely N-dealkylation sites (N-methyl/N-ethyl adjacent to an activating group) is 1. The summed E-state index contributed by atoms with van der Waals surface area (Å²) >= 11 is 0. The van der Waals surface area contributed by atoms with E-state index in [-0.39, 0.29) is 13.0 Å². The molecule has 1 unspecified atom stereocenters. The summed E-state index contributed by atoms with van der Waals surface area (Å²) in [5.41, 5.74) is 0. The van der Waals surface area contributed by atoms with Crippen molar-refractivity contribution >= 4 is 16.1 Å². The van der Waals surface area contributed by atoms with Gasteiger partial charge in [-0.2, -0.15) is 8.42 Å². The number of carbonyl (C=O) groups is 1. The predicted molar refractivity (Wildman–Crippen MR) is 55.9 cm³/mol. The number of hydrogen-bond donors (Lipinski definition) is 3. The summed E-state index contributed by atoms with van der Waals surface area (Å²) in [5.74, 6) is -2.02. The maximum absolute atomic E-state index is 11.0. The van der Waals surface area contributed by atoms with Crippen molar-refractivity contribution in [2.24, 2.45) is 0 Å². The van der Waals surface area contributed by atoms with Crippen LogP contribution in [0.5, 0.6) is 0 Å². The molecule has 0 saturated carbocycles. The third-order valence-electron chi connectivity index (χ3n) is 2.35. The molecule has 7 nitrogen and oxygen atoms in total. The lowest BCUT2D eigenvalue weighted by atomic mass is 10.3. The first-order valence-corrected chi connectivity index (χ1v) is 5.81. The van der Waals surface area contributed by atoms with Crippen molar-refractivity contribution in [3.05, 3.63) is 12.7 Å². The molecule has 0 rings (SSSR count). The average molecular weight is 254 g/mol. The Morgan fingerprint density at radius 1 is 1.50 bits per heavy atom. The normalized spacial score (nSPS) is 16.5. The van der Waals surface area contributed by atoms with E-state index >= 15 is 0 Å². The van der Waals surface area contributed by atoms with Crippen LogP contribution in [0.3, 0.4) is 0 Å². The molecule has 0 aliphatic heterocycles. The zero-order chi connectivity index (χ0) is 13.2. The number of carboxylic acid groups (broad SMARTS) is 1. The van der Waals surface area contributed by atoms with Crippen LogP contribution < -0.4 is 0 Å². The highest BCUT2D eigenvalue weighted by Crippen LogP contribution is 2.24. The minimum absolute atomic E-state index is 0.00785. The van der Waals surface area contributed by atoms with E-state index in [1.807, 2.05) is 0 Å². The number of nitrogens with zero attached hydrogens (tertiary/aromatic N) is 1. The van der Waals surface area contributed by atoms with E-state index in [1.165, 1.54) is 20.2 Å². The van der Waals surface area contributed by atoms with Crippen LogP contribution in [0.4, 0.5) is 0 Å². The zero-order valence-corrected chi connectivity index (χ0v) is 9.94. The number of aliphatic hydroxyl groups is 1. The van der Waals surface area contributed by atoms with Crippen molar-refractivity contribution in [2.75, 3.05) is 20.6 Å². The molecule has 0 aromatic rings. The van der Waals surface area contributed by atoms with Crippen LogP contribution in [0.15, 0.2) is 12.7 Å². The van der Waals surface area contributed by atoms with Gasteiger partial charge in [0.25, 0.3) is 0 Å². The van der Waals surface area contributed by atoms with E-state index in [2.05, 4.69) is 6.58 Å². The lowest BCUT2D eigenvalue weighted by Crippen LogP contribution is -2.68. The van der Waals surface area contributed by atoms with Gasteiger partial charge in [-0.25, -0.2) is 4.79 Å². The van der Waals surface area contributed by atoms with E-state index in [9.17, 15) is 18.3 Å². The molecule has 0 spiro atoms. The van der Waals surface area contributed by atoms with Gasteiger partial charge in [-0.15, -0.1) is 6.58 Å². The lowest BCUT2D eigenvalue weighted by Gasteiger charge is -2.38. The molecule has 0 saturated heterocycles. The number of rotatable bonds is 6. The third kappa shape index (κ3) is 2.40. The Labute approximate surface area is 94.0 Å². The summed E-state index contributed by atoms with van der Waals surface area (Å²) in [5, 5.41) is 15.2. The van der Waals surface area contributed by atoms with Gasteiger partial charge < -0.3 is 10.2 Å². The largest absolute Gasteiger partial charge is 0.474 e. The highest BCUT2D eigenvalue weighted by molar-refractivity contribution is 7.87. The Bertz CT molecular complexity index is 387. The van der Waals surface area contributed by atoms with Crippen LogP contribution >= 0.6 is 0 Å². The molecule has 94 valence electrons. The van der Waals surface area contributed by atoms with Crippen molar-refractivity contribution in [1.82, 2.24) is 0 Å². The van der Waals surface area contributed by atoms with Crippen LogP contribution in [-0.2, 0) is 14.9 Å². The first-order chi connectivity index (χ1) is 7.00. The molecule has 0 radical (unpaired) electrons. The molecule has 0 heterocycles. The van der Waals surface area contributed by atoms with Crippen molar-refractivity contribution in [1.29, 1.82) is 0 Å². The van der Waals surface area contributed by atoms with E-state index < -0.39 is 25.6 Å². The van der Waals surface area contributed by atoms with Crippen LogP contribution in [0.1, 0.15) is 6.42 Å². The Kier molecular flexibility index (Phi) is 4.23. The van der Waals surface area contributed by atoms with Crippen LogP contribution in [-0.4, -0.2) is 59.3 Å². The van der Waals surface area contributed by atoms with Crippen molar-refractivity contribution in [3.63, 3.8) is 0 Å². The zero-order valence-electron chi connectivity index (χ0n) is 9.12. The Morgan fingerprint density at radius 3 is 2.19 bits per heavy atom. The van der Waals surface area contributed by atoms with Crippen LogP contribution in [0.2, 0.25) is 0 Å². The van der Waals surface area contributed by atoms with Gasteiger partial charge in [-0.3, -0.25) is 9.04 Å². The van der Waals surface area contributed by atoms with Gasteiger partial charge in [-0.1, -0.05) is 6.08 Å². The second-order valence-corrected chi connectivity index (χ2v) is 5.39. The summed E-state index contributed by atoms with van der Waals surface area (Å²) in [6.45, 7) is 3.39. The molecule has 0 aromatic carbocycles. The number of carboxylic acids is 1. The van der Waals surface area contributed by atoms with Crippen LogP contribution in [0, 0.1) is 0 Å². The number of quaternary nitrogens is 1. The van der Waals surface area contributed by atoms with E-state index in [4.69, 9.17) is 9.66 Å². The quantitative estimate of drug-likeness (QED) is 0.249. The second-order valence-electron chi connectivity index (χ2n) is 3.87. The molecule has 0 aliphatic carbocycles. The smallest absolute Gasteiger partial charge is 0.428 e. The predicted octanol–water partition coefficient (Wildman–Crippen LogP) is -0.743. The van der Waals surface area contributed by atoms with Crippen molar-refractivity contribution in [3.8, 4) is 0 Å². The molecule has 0 fully saturated rings. The fraction of sp³-hybridized carbons (Fsp3) is 0.625. The first kappa shape index (κ1) is 15.0. The second kappa shape index (κ2) is 4.50. The maximum atomic E-state index is 11.0. The van der Waals surface area contributed by atoms with Gasteiger partial charge in [0.2, 0.25) is 0 Å². The van der Waals surface area contributed by atoms with Gasteiger partial charge in [0.15, 0.2) is 0 Å². The van der Waals surface area contributed by atoms with Gasteiger partial charge in [0.05, 0.1) is 20.6 Å². The van der Waals surface area contributed by atoms with Crippen molar-refractivity contribution < 1.29 is 32.5 Å². The van der Waals surface area contributed by atoms with Gasteiger partial charge in [0.1, 0.15) is 0 Å². The maximum Gasteiger partial charge on any atom is 0.428 e. The van der Waals surface area contributed by atoms with Gasteiger partial charge in [-0.05, 0) is 0 Å². The van der Waals surface area contributed by atoms with Crippen LogP contribution in [0.25, 0.3) is 0 Å². The monoisotopic (exact) mass is 254 g/mol. The van der Waals surface area contributed by atoms with E-state index in [0.717, 1.165) is 0 Å². The molecule has 0 aliphatic rings. The molecule has 8 heteroatoms. The molecule has 1 atom stereocenters. The summed E-state index contributed by atoms with van der Waals surface area (Å²) in [4.78, 5) is 10.8. The Hall–Kier alpha value is -0.960. The topological polar surface area (TPSA) is 112 Å². The molecule has 0 bridgehead atoms. The molecule has 16 heavy (non-hydrogen) atoms. The molecular formula is C8H16NO6S+. The number of aliphatic carboxylic acids is 1. The van der Waals surface area contributed by atoms with Gasteiger partial charge >= 0.3 is 21.1 Å². The van der Waals surface area contributed by atoms with E-state index in [0.29, 0.717) is 0 Å². The molecule has 0 amide bonds. The Balaban J connectivity index is 5.54. The fourth-order valence-corrected chi connectivity index (χ4v) is 2.18. The fourth-order valence-electron chi connectivity index (χ4n) is 1.25. The standard InChI is InChI=1S/C8H15NO6S/c1-4-5-6-9(2,3)8(12,7(10)11)16(13,14)15/h4,12H,1,5-6H2,2-3H3,(H-,10,11,13,14,15)/p+1. The summed E-state index contributed by atoms with van der Waals surface area (Å²) in [6.07, 6.45) is 1.74. The van der Waals surface area contributed by atoms with E-state index in [1.54, 1.807) is 0 Å². The molecule has 3 N–H and O–H groups in total.